The third-order valence-corrected chi connectivity index (χ3v) is 2.46. The van der Waals surface area contributed by atoms with E-state index in [4.69, 9.17) is 0 Å². The second-order valence-corrected chi connectivity index (χ2v) is 3.66. The molecule has 0 spiro atoms. The van der Waals surface area contributed by atoms with Gasteiger partial charge in [-0.3, -0.25) is 4.98 Å². The van der Waals surface area contributed by atoms with E-state index in [0.29, 0.717) is 0 Å². The third-order valence-electron chi connectivity index (χ3n) is 2.46. The Hall–Kier alpha value is -1.57. The van der Waals surface area contributed by atoms with Crippen LogP contribution < -0.4 is 4.90 Å². The number of hydrogen-bond donors (Lipinski definition) is 0. The van der Waals surface area contributed by atoms with Gasteiger partial charge in [0.1, 0.15) is 0 Å². The fraction of sp³-hybridized carbons (Fsp3) is 0.250. The van der Waals surface area contributed by atoms with Gasteiger partial charge in [-0.15, -0.1) is 0 Å². The molecule has 2 heteroatoms. The molecule has 0 saturated carbocycles. The average Bonchev–Trinajstić information content (AvgIpc) is 2.17. The highest BCUT2D eigenvalue weighted by Gasteiger charge is 2.03. The minimum Gasteiger partial charge on any atom is -0.377 e. The molecular formula is C12H14N2. The molecule has 0 aliphatic rings. The van der Waals surface area contributed by atoms with Gasteiger partial charge < -0.3 is 4.90 Å². The molecule has 0 radical (unpaired) electrons. The SMILES string of the molecule is Cc1nccc2c(N(C)C)cccc12. The van der Waals surface area contributed by atoms with Gasteiger partial charge in [-0.25, -0.2) is 0 Å². The van der Waals surface area contributed by atoms with Gasteiger partial charge in [0, 0.05) is 42.4 Å². The van der Waals surface area contributed by atoms with Crippen LogP contribution in [-0.2, 0) is 0 Å². The van der Waals surface area contributed by atoms with E-state index in [-0.39, 0.29) is 0 Å². The first-order valence-electron chi connectivity index (χ1n) is 4.72. The summed E-state index contributed by atoms with van der Waals surface area (Å²) in [4.78, 5) is 6.42. The standard InChI is InChI=1S/C12H14N2/c1-9-10-5-4-6-12(14(2)3)11(10)7-8-13-9/h4-8H,1-3H3. The van der Waals surface area contributed by atoms with E-state index in [0.717, 1.165) is 5.69 Å². The van der Waals surface area contributed by atoms with Crippen molar-refractivity contribution in [3.05, 3.63) is 36.2 Å². The van der Waals surface area contributed by atoms with Crippen molar-refractivity contribution in [1.82, 2.24) is 4.98 Å². The smallest absolute Gasteiger partial charge is 0.0451 e. The van der Waals surface area contributed by atoms with E-state index in [1.165, 1.54) is 16.5 Å². The van der Waals surface area contributed by atoms with Gasteiger partial charge in [0.2, 0.25) is 0 Å². The number of anilines is 1. The summed E-state index contributed by atoms with van der Waals surface area (Å²) in [5.74, 6) is 0. The molecule has 0 aliphatic carbocycles. The van der Waals surface area contributed by atoms with Crippen molar-refractivity contribution in [2.24, 2.45) is 0 Å². The molecule has 0 amide bonds. The van der Waals surface area contributed by atoms with Crippen molar-refractivity contribution < 1.29 is 0 Å². The number of aromatic nitrogens is 1. The van der Waals surface area contributed by atoms with E-state index < -0.39 is 0 Å². The van der Waals surface area contributed by atoms with Gasteiger partial charge in [0.05, 0.1) is 0 Å². The van der Waals surface area contributed by atoms with Crippen LogP contribution in [0.5, 0.6) is 0 Å². The summed E-state index contributed by atoms with van der Waals surface area (Å²) in [6, 6.07) is 8.39. The second kappa shape index (κ2) is 3.29. The van der Waals surface area contributed by atoms with E-state index in [9.17, 15) is 0 Å². The summed E-state index contributed by atoms with van der Waals surface area (Å²) in [7, 11) is 4.12. The highest BCUT2D eigenvalue weighted by Crippen LogP contribution is 2.26. The molecule has 0 aliphatic heterocycles. The lowest BCUT2D eigenvalue weighted by atomic mass is 10.1. The maximum absolute atomic E-state index is 4.29. The molecule has 1 heterocycles. The Balaban J connectivity index is 2.81. The first-order valence-corrected chi connectivity index (χ1v) is 4.72. The van der Waals surface area contributed by atoms with Gasteiger partial charge in [-0.05, 0) is 19.1 Å². The topological polar surface area (TPSA) is 16.1 Å². The molecule has 72 valence electrons. The first-order chi connectivity index (χ1) is 6.70. The number of nitrogens with zero attached hydrogens (tertiary/aromatic N) is 2. The lowest BCUT2D eigenvalue weighted by Crippen LogP contribution is -2.09. The number of rotatable bonds is 1. The van der Waals surface area contributed by atoms with Crippen LogP contribution in [0, 0.1) is 6.92 Å². The Kier molecular flexibility index (Phi) is 2.12. The Labute approximate surface area is 84.2 Å². The van der Waals surface area contributed by atoms with Gasteiger partial charge in [-0.1, -0.05) is 12.1 Å². The summed E-state index contributed by atoms with van der Waals surface area (Å²) in [5, 5.41) is 2.50. The zero-order valence-corrected chi connectivity index (χ0v) is 8.78. The quantitative estimate of drug-likeness (QED) is 0.680. The molecular weight excluding hydrogens is 172 g/mol. The Bertz CT molecular complexity index is 461. The highest BCUT2D eigenvalue weighted by atomic mass is 15.1. The lowest BCUT2D eigenvalue weighted by molar-refractivity contribution is 1.14. The van der Waals surface area contributed by atoms with Crippen molar-refractivity contribution in [1.29, 1.82) is 0 Å². The molecule has 14 heavy (non-hydrogen) atoms. The van der Waals surface area contributed by atoms with Crippen LogP contribution >= 0.6 is 0 Å². The highest BCUT2D eigenvalue weighted by molar-refractivity contribution is 5.95. The monoisotopic (exact) mass is 186 g/mol. The molecule has 2 nitrogen and oxygen atoms in total. The number of hydrogen-bond acceptors (Lipinski definition) is 2. The Morgan fingerprint density at radius 2 is 1.86 bits per heavy atom. The first kappa shape index (κ1) is 9.00. The van der Waals surface area contributed by atoms with Gasteiger partial charge in [0.25, 0.3) is 0 Å². The lowest BCUT2D eigenvalue weighted by Gasteiger charge is -2.15. The fourth-order valence-electron chi connectivity index (χ4n) is 1.73. The van der Waals surface area contributed by atoms with Crippen LogP contribution in [-0.4, -0.2) is 19.1 Å². The molecule has 0 bridgehead atoms. The number of benzene rings is 1. The van der Waals surface area contributed by atoms with Gasteiger partial charge >= 0.3 is 0 Å². The van der Waals surface area contributed by atoms with E-state index >= 15 is 0 Å². The largest absolute Gasteiger partial charge is 0.377 e. The molecule has 0 saturated heterocycles. The molecule has 0 N–H and O–H groups in total. The molecule has 1 aromatic heterocycles. The van der Waals surface area contributed by atoms with Gasteiger partial charge in [0.15, 0.2) is 0 Å². The number of aryl methyl sites for hydroxylation is 1. The predicted molar refractivity (Wildman–Crippen MR) is 60.8 cm³/mol. The number of fused-ring (bicyclic) bond motifs is 1. The summed E-state index contributed by atoms with van der Waals surface area (Å²) >= 11 is 0. The summed E-state index contributed by atoms with van der Waals surface area (Å²) in [5.41, 5.74) is 2.33. The van der Waals surface area contributed by atoms with Crippen LogP contribution in [0.4, 0.5) is 5.69 Å². The van der Waals surface area contributed by atoms with Gasteiger partial charge in [-0.2, -0.15) is 0 Å². The normalized spacial score (nSPS) is 10.5. The van der Waals surface area contributed by atoms with Crippen molar-refractivity contribution in [2.45, 2.75) is 6.92 Å². The molecule has 1 aromatic carbocycles. The average molecular weight is 186 g/mol. The van der Waals surface area contributed by atoms with Crippen LogP contribution in [0.25, 0.3) is 10.8 Å². The second-order valence-electron chi connectivity index (χ2n) is 3.66. The summed E-state index contributed by atoms with van der Waals surface area (Å²) < 4.78 is 0. The molecule has 0 fully saturated rings. The third kappa shape index (κ3) is 1.33. The van der Waals surface area contributed by atoms with E-state index in [2.05, 4.69) is 48.2 Å². The minimum atomic E-state index is 1.09. The van der Waals surface area contributed by atoms with Crippen molar-refractivity contribution in [3.8, 4) is 0 Å². The predicted octanol–water partition coefficient (Wildman–Crippen LogP) is 2.61. The Morgan fingerprint density at radius 1 is 1.07 bits per heavy atom. The molecule has 2 rings (SSSR count). The van der Waals surface area contributed by atoms with Crippen LogP contribution in [0.15, 0.2) is 30.5 Å². The molecule has 0 atom stereocenters. The fourth-order valence-corrected chi connectivity index (χ4v) is 1.73. The zero-order valence-electron chi connectivity index (χ0n) is 8.78. The van der Waals surface area contributed by atoms with Crippen LogP contribution in [0.2, 0.25) is 0 Å². The summed E-state index contributed by atoms with van der Waals surface area (Å²) in [6.07, 6.45) is 1.87. The minimum absolute atomic E-state index is 1.09. The maximum Gasteiger partial charge on any atom is 0.0451 e. The van der Waals surface area contributed by atoms with Crippen LogP contribution in [0.3, 0.4) is 0 Å². The van der Waals surface area contributed by atoms with E-state index in [1.54, 1.807) is 0 Å². The maximum atomic E-state index is 4.29. The van der Waals surface area contributed by atoms with Crippen LogP contribution in [0.1, 0.15) is 5.69 Å². The van der Waals surface area contributed by atoms with Crippen molar-refractivity contribution in [2.75, 3.05) is 19.0 Å². The Morgan fingerprint density at radius 3 is 2.57 bits per heavy atom. The van der Waals surface area contributed by atoms with E-state index in [1.807, 2.05) is 13.1 Å². The summed E-state index contributed by atoms with van der Waals surface area (Å²) in [6.45, 7) is 2.04. The number of pyridine rings is 1. The zero-order chi connectivity index (χ0) is 10.1. The van der Waals surface area contributed by atoms with Crippen molar-refractivity contribution >= 4 is 16.5 Å². The van der Waals surface area contributed by atoms with Crippen molar-refractivity contribution in [3.63, 3.8) is 0 Å². The molecule has 2 aromatic rings. The molecule has 0 unspecified atom stereocenters.